The van der Waals surface area contributed by atoms with Gasteiger partial charge in [-0.1, -0.05) is 23.7 Å². The topological polar surface area (TPSA) is 55.9 Å². The molecule has 3 rings (SSSR count). The lowest BCUT2D eigenvalue weighted by atomic mass is 10.1. The van der Waals surface area contributed by atoms with Crippen LogP contribution in [-0.2, 0) is 13.0 Å². The lowest BCUT2D eigenvalue weighted by Gasteiger charge is -2.17. The molecule has 3 aromatic rings. The highest BCUT2D eigenvalue weighted by molar-refractivity contribution is 7.20. The zero-order valence-electron chi connectivity index (χ0n) is 14.8. The van der Waals surface area contributed by atoms with Gasteiger partial charge in [0.25, 0.3) is 0 Å². The first-order valence-corrected chi connectivity index (χ1v) is 9.74. The van der Waals surface area contributed by atoms with Crippen molar-refractivity contribution in [3.05, 3.63) is 57.8 Å². The molecule has 3 N–H and O–H groups in total. The molecular weight excluding hydrogens is 371 g/mol. The van der Waals surface area contributed by atoms with Crippen LogP contribution in [0, 0.1) is 12.7 Å². The van der Waals surface area contributed by atoms with E-state index in [1.165, 1.54) is 17.4 Å². The monoisotopic (exact) mass is 392 g/mol. The number of thiophene rings is 1. The number of nitrogens with zero attached hydrogens (tertiary/aromatic N) is 2. The summed E-state index contributed by atoms with van der Waals surface area (Å²) in [5.74, 6) is -0.233. The van der Waals surface area contributed by atoms with Crippen molar-refractivity contribution in [3.8, 4) is 11.3 Å². The predicted octanol–water partition coefficient (Wildman–Crippen LogP) is 4.71. The number of rotatable bonds is 7. The molecule has 138 valence electrons. The van der Waals surface area contributed by atoms with E-state index < -0.39 is 0 Å². The molecule has 0 fully saturated rings. The highest BCUT2D eigenvalue weighted by atomic mass is 35.5. The van der Waals surface area contributed by atoms with Crippen molar-refractivity contribution >= 4 is 27.9 Å². The summed E-state index contributed by atoms with van der Waals surface area (Å²) in [6, 6.07) is 8.64. The van der Waals surface area contributed by atoms with Gasteiger partial charge in [-0.3, -0.25) is 4.68 Å². The van der Waals surface area contributed by atoms with Crippen LogP contribution in [0.15, 0.2) is 36.5 Å². The lowest BCUT2D eigenvalue weighted by molar-refractivity contribution is 0.622. The second-order valence-electron chi connectivity index (χ2n) is 6.20. The number of halogens is 2. The average molecular weight is 393 g/mol. The maximum atomic E-state index is 13.4. The molecule has 0 bridgehead atoms. The smallest absolute Gasteiger partial charge is 0.123 e. The number of benzene rings is 1. The van der Waals surface area contributed by atoms with Crippen LogP contribution < -0.4 is 11.1 Å². The second-order valence-corrected chi connectivity index (χ2v) is 7.86. The van der Waals surface area contributed by atoms with Gasteiger partial charge >= 0.3 is 0 Å². The fourth-order valence-corrected chi connectivity index (χ4v) is 4.27. The molecular formula is C19H22ClFN4S. The molecule has 0 saturated carbocycles. The average Bonchev–Trinajstić information content (AvgIpc) is 3.16. The maximum Gasteiger partial charge on any atom is 0.123 e. The second kappa shape index (κ2) is 8.20. The molecule has 1 aromatic carbocycles. The summed E-state index contributed by atoms with van der Waals surface area (Å²) in [4.78, 5) is 0. The molecule has 0 aliphatic heterocycles. The van der Waals surface area contributed by atoms with Crippen molar-refractivity contribution in [2.24, 2.45) is 5.73 Å². The Balaban J connectivity index is 1.80. The number of hydrogen-bond acceptors (Lipinski definition) is 4. The molecule has 2 heterocycles. The quantitative estimate of drug-likeness (QED) is 0.612. The van der Waals surface area contributed by atoms with Crippen molar-refractivity contribution in [2.75, 3.05) is 11.9 Å². The zero-order chi connectivity index (χ0) is 18.7. The van der Waals surface area contributed by atoms with Crippen LogP contribution in [0.4, 0.5) is 9.39 Å². The van der Waals surface area contributed by atoms with E-state index >= 15 is 0 Å². The Bertz CT molecular complexity index is 890. The van der Waals surface area contributed by atoms with E-state index in [9.17, 15) is 4.39 Å². The number of nitrogens with two attached hydrogens (primary N) is 1. The summed E-state index contributed by atoms with van der Waals surface area (Å²) in [6.07, 6.45) is 2.50. The van der Waals surface area contributed by atoms with E-state index in [2.05, 4.69) is 17.3 Å². The van der Waals surface area contributed by atoms with Gasteiger partial charge in [-0.2, -0.15) is 5.10 Å². The van der Waals surface area contributed by atoms with E-state index in [1.54, 1.807) is 12.1 Å². The maximum absolute atomic E-state index is 13.4. The fraction of sp³-hybridized carbons (Fsp3) is 0.316. The van der Waals surface area contributed by atoms with Crippen molar-refractivity contribution in [1.82, 2.24) is 9.78 Å². The predicted molar refractivity (Wildman–Crippen MR) is 108 cm³/mol. The van der Waals surface area contributed by atoms with Gasteiger partial charge in [0.15, 0.2) is 0 Å². The molecule has 2 aromatic heterocycles. The van der Waals surface area contributed by atoms with Crippen molar-refractivity contribution in [3.63, 3.8) is 0 Å². The molecule has 7 heteroatoms. The van der Waals surface area contributed by atoms with E-state index in [1.807, 2.05) is 29.9 Å². The molecule has 0 aliphatic rings. The fourth-order valence-electron chi connectivity index (χ4n) is 3.01. The molecule has 0 saturated heterocycles. The van der Waals surface area contributed by atoms with Crippen molar-refractivity contribution in [1.29, 1.82) is 0 Å². The highest BCUT2D eigenvalue weighted by Gasteiger charge is 2.17. The zero-order valence-corrected chi connectivity index (χ0v) is 16.4. The van der Waals surface area contributed by atoms with Crippen LogP contribution in [0.2, 0.25) is 4.34 Å². The normalized spacial score (nSPS) is 12.3. The molecule has 0 radical (unpaired) electrons. The summed E-state index contributed by atoms with van der Waals surface area (Å²) >= 11 is 7.98. The Labute approximate surface area is 161 Å². The van der Waals surface area contributed by atoms with Crippen molar-refractivity contribution in [2.45, 2.75) is 32.9 Å². The summed E-state index contributed by atoms with van der Waals surface area (Å²) < 4.78 is 16.1. The molecule has 0 amide bonds. The van der Waals surface area contributed by atoms with Gasteiger partial charge in [0.2, 0.25) is 0 Å². The third kappa shape index (κ3) is 4.09. The van der Waals surface area contributed by atoms with Crippen LogP contribution in [0.5, 0.6) is 0 Å². The molecule has 26 heavy (non-hydrogen) atoms. The first kappa shape index (κ1) is 18.9. The Hall–Kier alpha value is -1.89. The Morgan fingerprint density at radius 2 is 2.19 bits per heavy atom. The minimum absolute atomic E-state index is 0.00319. The van der Waals surface area contributed by atoms with Gasteiger partial charge < -0.3 is 11.1 Å². The van der Waals surface area contributed by atoms with Gasteiger partial charge in [0, 0.05) is 24.7 Å². The lowest BCUT2D eigenvalue weighted by Crippen LogP contribution is -2.30. The third-order valence-electron chi connectivity index (χ3n) is 4.27. The van der Waals surface area contributed by atoms with Gasteiger partial charge in [0.05, 0.1) is 16.9 Å². The third-order valence-corrected chi connectivity index (χ3v) is 5.56. The molecule has 4 nitrogen and oxygen atoms in total. The SMILES string of the molecule is CCn1ncc(C)c1-c1cc(N[C@H](CN)Cc2cccc(F)c2)sc1Cl. The summed E-state index contributed by atoms with van der Waals surface area (Å²) in [5, 5.41) is 8.77. The number of aromatic nitrogens is 2. The first-order chi connectivity index (χ1) is 12.5. The summed E-state index contributed by atoms with van der Waals surface area (Å²) in [7, 11) is 0. The van der Waals surface area contributed by atoms with Crippen LogP contribution in [0.25, 0.3) is 11.3 Å². The number of aryl methyl sites for hydroxylation is 2. The first-order valence-electron chi connectivity index (χ1n) is 8.55. The Morgan fingerprint density at radius 1 is 1.38 bits per heavy atom. The van der Waals surface area contributed by atoms with Gasteiger partial charge in [0.1, 0.15) is 10.2 Å². The largest absolute Gasteiger partial charge is 0.373 e. The number of hydrogen-bond donors (Lipinski definition) is 2. The number of nitrogens with one attached hydrogen (secondary N) is 1. The Kier molecular flexibility index (Phi) is 5.96. The highest BCUT2D eigenvalue weighted by Crippen LogP contribution is 2.40. The number of anilines is 1. The van der Waals surface area contributed by atoms with Crippen LogP contribution >= 0.6 is 22.9 Å². The molecule has 1 atom stereocenters. The van der Waals surface area contributed by atoms with Crippen LogP contribution in [-0.4, -0.2) is 22.4 Å². The van der Waals surface area contributed by atoms with E-state index in [-0.39, 0.29) is 11.9 Å². The van der Waals surface area contributed by atoms with Crippen molar-refractivity contribution < 1.29 is 4.39 Å². The molecule has 0 aliphatic carbocycles. The minimum Gasteiger partial charge on any atom is -0.373 e. The van der Waals surface area contributed by atoms with Crippen LogP contribution in [0.1, 0.15) is 18.1 Å². The van der Waals surface area contributed by atoms with Crippen LogP contribution in [0.3, 0.4) is 0 Å². The van der Waals surface area contributed by atoms with E-state index in [4.69, 9.17) is 17.3 Å². The molecule has 0 unspecified atom stereocenters. The Morgan fingerprint density at radius 3 is 2.88 bits per heavy atom. The van der Waals surface area contributed by atoms with E-state index in [0.717, 1.165) is 33.9 Å². The minimum atomic E-state index is -0.233. The summed E-state index contributed by atoms with van der Waals surface area (Å²) in [5.41, 5.74) is 9.93. The van der Waals surface area contributed by atoms with Gasteiger partial charge in [-0.15, -0.1) is 11.3 Å². The summed E-state index contributed by atoms with van der Waals surface area (Å²) in [6.45, 7) is 5.30. The standard InChI is InChI=1S/C19H22ClFN4S/c1-3-25-18(12(2)11-23-25)16-9-17(26-19(16)20)24-15(10-22)8-13-5-4-6-14(21)7-13/h4-7,9,11,15,24H,3,8,10,22H2,1-2H3/t15-/m0/s1. The van der Waals surface area contributed by atoms with E-state index in [0.29, 0.717) is 17.3 Å². The van der Waals surface area contributed by atoms with Gasteiger partial charge in [-0.05, 0) is 49.6 Å². The molecule has 0 spiro atoms. The van der Waals surface area contributed by atoms with Gasteiger partial charge in [-0.25, -0.2) is 4.39 Å².